The molecule has 3 aromatic heterocycles. The van der Waals surface area contributed by atoms with Gasteiger partial charge in [0, 0.05) is 43.6 Å². The van der Waals surface area contributed by atoms with Gasteiger partial charge in [-0.1, -0.05) is 12.1 Å². The summed E-state index contributed by atoms with van der Waals surface area (Å²) in [4.78, 5) is 24.2. The van der Waals surface area contributed by atoms with E-state index in [-0.39, 0.29) is 17.3 Å². The van der Waals surface area contributed by atoms with Gasteiger partial charge in [0.25, 0.3) is 5.91 Å². The molecule has 0 spiro atoms. The van der Waals surface area contributed by atoms with Crippen LogP contribution in [-0.4, -0.2) is 46.4 Å². The molecule has 2 N–H and O–H groups in total. The highest BCUT2D eigenvalue weighted by Gasteiger charge is 2.46. The van der Waals surface area contributed by atoms with E-state index in [0.29, 0.717) is 35.8 Å². The molecule has 6 rings (SSSR count). The summed E-state index contributed by atoms with van der Waals surface area (Å²) in [6.45, 7) is 1.09. The van der Waals surface area contributed by atoms with Crippen molar-refractivity contribution in [1.82, 2.24) is 24.6 Å². The standard InChI is InChI=1S/C27H27FN6O2/c1-33(2)15-21-19(27(36-3)9-10-27)5-7-23(32-21)31-20-6-4-17(18-13-30-26(35)25(18)20)22-14-29-24-12-16(28)8-11-34(22)24/h4-8,11-12,14H,9-10,13,15H2,1-3H3,(H,30,35)(H,31,32). The fraction of sp³-hybridized carbons (Fsp3) is 0.296. The van der Waals surface area contributed by atoms with Crippen molar-refractivity contribution >= 4 is 23.1 Å². The lowest BCUT2D eigenvalue weighted by Crippen LogP contribution is -2.19. The van der Waals surface area contributed by atoms with E-state index >= 15 is 0 Å². The molecule has 184 valence electrons. The van der Waals surface area contributed by atoms with Crippen molar-refractivity contribution in [1.29, 1.82) is 0 Å². The second-order valence-electron chi connectivity index (χ2n) is 9.67. The van der Waals surface area contributed by atoms with Gasteiger partial charge in [0.1, 0.15) is 17.3 Å². The molecule has 0 unspecified atom stereocenters. The van der Waals surface area contributed by atoms with Gasteiger partial charge in [-0.25, -0.2) is 14.4 Å². The number of hydrogen-bond acceptors (Lipinski definition) is 6. The van der Waals surface area contributed by atoms with E-state index in [1.54, 1.807) is 19.5 Å². The summed E-state index contributed by atoms with van der Waals surface area (Å²) in [6.07, 6.45) is 5.34. The average molecular weight is 487 g/mol. The Morgan fingerprint density at radius 3 is 2.81 bits per heavy atom. The normalized spacial score (nSPS) is 15.9. The van der Waals surface area contributed by atoms with Crippen LogP contribution in [0.2, 0.25) is 0 Å². The Morgan fingerprint density at radius 1 is 1.22 bits per heavy atom. The zero-order chi connectivity index (χ0) is 25.0. The van der Waals surface area contributed by atoms with Gasteiger partial charge < -0.3 is 20.3 Å². The summed E-state index contributed by atoms with van der Waals surface area (Å²) >= 11 is 0. The number of carbonyl (C=O) groups excluding carboxylic acids is 1. The van der Waals surface area contributed by atoms with E-state index in [2.05, 4.69) is 26.6 Å². The first kappa shape index (κ1) is 22.6. The number of imidazole rings is 1. The summed E-state index contributed by atoms with van der Waals surface area (Å²) in [5.41, 5.74) is 6.17. The highest BCUT2D eigenvalue weighted by molar-refractivity contribution is 6.06. The number of aromatic nitrogens is 3. The second kappa shape index (κ2) is 8.39. The van der Waals surface area contributed by atoms with Gasteiger partial charge in [0.15, 0.2) is 0 Å². The molecule has 1 fully saturated rings. The fourth-order valence-corrected chi connectivity index (χ4v) is 5.09. The maximum atomic E-state index is 13.7. The van der Waals surface area contributed by atoms with Crippen molar-refractivity contribution < 1.29 is 13.9 Å². The summed E-state index contributed by atoms with van der Waals surface area (Å²) in [6, 6.07) is 10.7. The lowest BCUT2D eigenvalue weighted by Gasteiger charge is -2.21. The first-order chi connectivity index (χ1) is 17.4. The minimum absolute atomic E-state index is 0.143. The van der Waals surface area contributed by atoms with Gasteiger partial charge in [-0.3, -0.25) is 9.20 Å². The van der Waals surface area contributed by atoms with E-state index in [4.69, 9.17) is 9.72 Å². The van der Waals surface area contributed by atoms with E-state index < -0.39 is 0 Å². The Balaban J connectivity index is 1.39. The highest BCUT2D eigenvalue weighted by Crippen LogP contribution is 2.50. The molecular weight excluding hydrogens is 459 g/mol. The number of fused-ring (bicyclic) bond motifs is 2. The Labute approximate surface area is 208 Å². The fourth-order valence-electron chi connectivity index (χ4n) is 5.09. The quantitative estimate of drug-likeness (QED) is 0.407. The molecule has 4 aromatic rings. The number of ether oxygens (including phenoxy) is 1. The van der Waals surface area contributed by atoms with Crippen LogP contribution in [-0.2, 0) is 23.4 Å². The molecule has 1 aromatic carbocycles. The number of nitrogens with zero attached hydrogens (tertiary/aromatic N) is 4. The number of halogens is 1. The molecule has 4 heterocycles. The van der Waals surface area contributed by atoms with Gasteiger partial charge in [-0.15, -0.1) is 0 Å². The predicted molar refractivity (Wildman–Crippen MR) is 135 cm³/mol. The Hall–Kier alpha value is -3.82. The van der Waals surface area contributed by atoms with E-state index in [9.17, 15) is 9.18 Å². The van der Waals surface area contributed by atoms with Crippen LogP contribution in [0.3, 0.4) is 0 Å². The molecule has 0 radical (unpaired) electrons. The third kappa shape index (κ3) is 3.71. The van der Waals surface area contributed by atoms with Gasteiger partial charge in [0.2, 0.25) is 0 Å². The summed E-state index contributed by atoms with van der Waals surface area (Å²) < 4.78 is 21.3. The van der Waals surface area contributed by atoms with Crippen LogP contribution in [0.1, 0.15) is 40.0 Å². The Kier molecular flexibility index (Phi) is 5.27. The van der Waals surface area contributed by atoms with E-state index in [1.807, 2.05) is 36.7 Å². The minimum Gasteiger partial charge on any atom is -0.373 e. The number of amides is 1. The van der Waals surface area contributed by atoms with Crippen LogP contribution in [0.4, 0.5) is 15.9 Å². The smallest absolute Gasteiger partial charge is 0.254 e. The number of pyridine rings is 2. The number of nitrogens with one attached hydrogen (secondary N) is 2. The first-order valence-electron chi connectivity index (χ1n) is 11.9. The Morgan fingerprint density at radius 2 is 2.06 bits per heavy atom. The predicted octanol–water partition coefficient (Wildman–Crippen LogP) is 4.22. The summed E-state index contributed by atoms with van der Waals surface area (Å²) in [5, 5.41) is 6.32. The van der Waals surface area contributed by atoms with Crippen LogP contribution in [0.15, 0.2) is 48.8 Å². The maximum Gasteiger partial charge on any atom is 0.254 e. The molecule has 1 aliphatic heterocycles. The second-order valence-corrected chi connectivity index (χ2v) is 9.67. The van der Waals surface area contributed by atoms with E-state index in [0.717, 1.165) is 40.9 Å². The minimum atomic E-state index is -0.341. The van der Waals surface area contributed by atoms with Crippen molar-refractivity contribution in [2.75, 3.05) is 26.5 Å². The van der Waals surface area contributed by atoms with Crippen LogP contribution in [0.25, 0.3) is 16.9 Å². The van der Waals surface area contributed by atoms with Crippen molar-refractivity contribution in [2.45, 2.75) is 31.5 Å². The number of hydrogen-bond donors (Lipinski definition) is 2. The first-order valence-corrected chi connectivity index (χ1v) is 11.9. The molecule has 1 amide bonds. The molecule has 0 atom stereocenters. The third-order valence-corrected chi connectivity index (χ3v) is 7.01. The lowest BCUT2D eigenvalue weighted by molar-refractivity contribution is 0.0772. The van der Waals surface area contributed by atoms with Gasteiger partial charge in [-0.05, 0) is 50.7 Å². The van der Waals surface area contributed by atoms with Gasteiger partial charge in [-0.2, -0.15) is 0 Å². The summed E-state index contributed by atoms with van der Waals surface area (Å²) in [7, 11) is 5.78. The number of methoxy groups -OCH3 is 1. The number of benzene rings is 1. The van der Waals surface area contributed by atoms with Gasteiger partial charge in [0.05, 0.1) is 34.4 Å². The topological polar surface area (TPSA) is 83.8 Å². The summed E-state index contributed by atoms with van der Waals surface area (Å²) in [5.74, 6) is 0.185. The molecule has 0 saturated heterocycles. The molecule has 0 bridgehead atoms. The van der Waals surface area contributed by atoms with Gasteiger partial charge >= 0.3 is 0 Å². The lowest BCUT2D eigenvalue weighted by atomic mass is 9.99. The molecule has 9 heteroatoms. The largest absolute Gasteiger partial charge is 0.373 e. The Bertz CT molecular complexity index is 1510. The maximum absolute atomic E-state index is 13.7. The highest BCUT2D eigenvalue weighted by atomic mass is 19.1. The molecule has 36 heavy (non-hydrogen) atoms. The SMILES string of the molecule is COC1(c2ccc(Nc3ccc(-c4cnc5cc(F)ccn45)c4c3C(=O)NC4)nc2CN(C)C)CC1. The zero-order valence-corrected chi connectivity index (χ0v) is 20.4. The average Bonchev–Trinajstić information content (AvgIpc) is 3.39. The van der Waals surface area contributed by atoms with Crippen LogP contribution in [0, 0.1) is 5.82 Å². The molecule has 1 aliphatic carbocycles. The molecule has 8 nitrogen and oxygen atoms in total. The van der Waals surface area contributed by atoms with Crippen LogP contribution < -0.4 is 10.6 Å². The molecule has 1 saturated carbocycles. The van der Waals surface area contributed by atoms with Crippen molar-refractivity contribution in [3.8, 4) is 11.3 Å². The van der Waals surface area contributed by atoms with Crippen molar-refractivity contribution in [3.63, 3.8) is 0 Å². The van der Waals surface area contributed by atoms with Crippen molar-refractivity contribution in [2.24, 2.45) is 0 Å². The third-order valence-electron chi connectivity index (χ3n) is 7.01. The molecule has 2 aliphatic rings. The zero-order valence-electron chi connectivity index (χ0n) is 20.4. The monoisotopic (exact) mass is 486 g/mol. The number of anilines is 2. The van der Waals surface area contributed by atoms with E-state index in [1.165, 1.54) is 12.1 Å². The molecular formula is C27H27FN6O2. The van der Waals surface area contributed by atoms with Crippen LogP contribution in [0.5, 0.6) is 0 Å². The van der Waals surface area contributed by atoms with Crippen molar-refractivity contribution in [3.05, 3.63) is 77.0 Å². The number of carbonyl (C=O) groups is 1. The van der Waals surface area contributed by atoms with Crippen LogP contribution >= 0.6 is 0 Å². The number of rotatable bonds is 7.